The highest BCUT2D eigenvalue weighted by Gasteiger charge is 2.47. The van der Waals surface area contributed by atoms with Gasteiger partial charge in [0.05, 0.1) is 14.2 Å². The summed E-state index contributed by atoms with van der Waals surface area (Å²) in [6.45, 7) is 0. The average molecular weight is 430 g/mol. The Morgan fingerprint density at radius 3 is 2.34 bits per heavy atom. The molecule has 32 heavy (non-hydrogen) atoms. The Hall–Kier alpha value is -4.13. The van der Waals surface area contributed by atoms with Crippen molar-refractivity contribution in [3.63, 3.8) is 0 Å². The van der Waals surface area contributed by atoms with Crippen LogP contribution in [0.4, 0.5) is 0 Å². The first kappa shape index (κ1) is 21.1. The van der Waals surface area contributed by atoms with Crippen molar-refractivity contribution in [2.75, 3.05) is 14.2 Å². The summed E-state index contributed by atoms with van der Waals surface area (Å²) in [5.41, 5.74) is 5.06. The van der Waals surface area contributed by atoms with Crippen LogP contribution in [0.25, 0.3) is 0 Å². The molecule has 0 aromatic heterocycles. The van der Waals surface area contributed by atoms with E-state index in [-0.39, 0.29) is 11.8 Å². The van der Waals surface area contributed by atoms with Crippen molar-refractivity contribution in [3.8, 4) is 11.5 Å². The first-order valence-corrected chi connectivity index (χ1v) is 10.2. The van der Waals surface area contributed by atoms with Gasteiger partial charge in [-0.3, -0.25) is 9.59 Å². The van der Waals surface area contributed by atoms with Gasteiger partial charge in [0.25, 0.3) is 5.91 Å². The largest absolute Gasteiger partial charge is 0.497 e. The molecule has 0 saturated carbocycles. The number of nitrogens with one attached hydrogen (secondary N) is 2. The molecule has 1 aliphatic rings. The summed E-state index contributed by atoms with van der Waals surface area (Å²) < 4.78 is 12.3. The van der Waals surface area contributed by atoms with Gasteiger partial charge < -0.3 is 14.8 Å². The lowest BCUT2D eigenvalue weighted by molar-refractivity contribution is -0.596. The fraction of sp³-hybridized carbons (Fsp3) is 0.160. The fourth-order valence-corrected chi connectivity index (χ4v) is 3.68. The second kappa shape index (κ2) is 9.34. The molecule has 1 saturated heterocycles. The fourth-order valence-electron chi connectivity index (χ4n) is 3.68. The van der Waals surface area contributed by atoms with Gasteiger partial charge in [0.15, 0.2) is 6.04 Å². The van der Waals surface area contributed by atoms with Crippen LogP contribution >= 0.6 is 0 Å². The predicted octanol–water partition coefficient (Wildman–Crippen LogP) is 2.72. The Morgan fingerprint density at radius 1 is 0.938 bits per heavy atom. The lowest BCUT2D eigenvalue weighted by atomic mass is 9.99. The maximum absolute atomic E-state index is 12.9. The molecule has 1 aliphatic heterocycles. The van der Waals surface area contributed by atoms with Gasteiger partial charge in [0.2, 0.25) is 12.3 Å². The van der Waals surface area contributed by atoms with Gasteiger partial charge in [-0.05, 0) is 54.6 Å². The van der Waals surface area contributed by atoms with E-state index in [2.05, 4.69) is 10.7 Å². The van der Waals surface area contributed by atoms with Gasteiger partial charge in [0.1, 0.15) is 11.5 Å². The molecule has 1 fully saturated rings. The van der Waals surface area contributed by atoms with Gasteiger partial charge >= 0.3 is 5.91 Å². The SMILES string of the molecule is COc1ccc([C@H]2[C@@H](NC(=O)c3ccccc3)C(=O)N/[N+]2=C\c2cccc(OC)c2)cc1. The smallest absolute Gasteiger partial charge is 0.304 e. The minimum atomic E-state index is -0.794. The average Bonchev–Trinajstić information content (AvgIpc) is 3.13. The first-order valence-electron chi connectivity index (χ1n) is 10.2. The van der Waals surface area contributed by atoms with Crippen LogP contribution in [-0.2, 0) is 4.79 Å². The normalized spacial score (nSPS) is 18.8. The summed E-state index contributed by atoms with van der Waals surface area (Å²) in [7, 11) is 3.20. The Labute approximate surface area is 186 Å². The van der Waals surface area contributed by atoms with E-state index in [1.165, 1.54) is 0 Å². The lowest BCUT2D eigenvalue weighted by Gasteiger charge is -2.15. The predicted molar refractivity (Wildman–Crippen MR) is 120 cm³/mol. The first-order chi connectivity index (χ1) is 15.6. The molecule has 2 amide bonds. The van der Waals surface area contributed by atoms with Crippen LogP contribution in [0.15, 0.2) is 78.9 Å². The number of ether oxygens (including phenoxy) is 2. The summed E-state index contributed by atoms with van der Waals surface area (Å²) >= 11 is 0. The topological polar surface area (TPSA) is 79.7 Å². The number of carbonyl (C=O) groups excluding carboxylic acids is 2. The number of rotatable bonds is 6. The van der Waals surface area contributed by atoms with E-state index in [1.807, 2.05) is 60.8 Å². The Morgan fingerprint density at radius 2 is 1.66 bits per heavy atom. The van der Waals surface area contributed by atoms with Crippen molar-refractivity contribution in [2.24, 2.45) is 0 Å². The number of hydrogen-bond donors (Lipinski definition) is 2. The molecule has 7 nitrogen and oxygen atoms in total. The molecule has 162 valence electrons. The monoisotopic (exact) mass is 430 g/mol. The number of carbonyl (C=O) groups is 2. The third kappa shape index (κ3) is 4.46. The molecular formula is C25H24N3O4+. The Kier molecular flexibility index (Phi) is 6.17. The Bertz CT molecular complexity index is 1140. The van der Waals surface area contributed by atoms with Crippen LogP contribution in [0.5, 0.6) is 11.5 Å². The summed E-state index contributed by atoms with van der Waals surface area (Å²) in [5, 5.41) is 2.89. The number of amides is 2. The molecule has 7 heteroatoms. The van der Waals surface area contributed by atoms with E-state index in [9.17, 15) is 9.59 Å². The third-order valence-corrected chi connectivity index (χ3v) is 5.30. The number of nitrogens with zero attached hydrogens (tertiary/aromatic N) is 1. The zero-order valence-corrected chi connectivity index (χ0v) is 17.8. The standard InChI is InChI=1S/C25H23N3O4/c1-31-20-13-11-18(12-14-20)23-22(26-24(29)19-8-4-3-5-9-19)25(30)27-28(23)16-17-7-6-10-21(15-17)32-2/h3-16,22-23H,1-2H3,(H-,26,27,29,30)/p+1/b28-16-/t22-,23+/m1/s1. The van der Waals surface area contributed by atoms with Gasteiger partial charge in [-0.1, -0.05) is 24.3 Å². The van der Waals surface area contributed by atoms with Crippen LogP contribution in [0.3, 0.4) is 0 Å². The molecule has 0 unspecified atom stereocenters. The maximum atomic E-state index is 12.9. The van der Waals surface area contributed by atoms with Crippen molar-refractivity contribution < 1.29 is 23.7 Å². The molecule has 2 N–H and O–H groups in total. The van der Waals surface area contributed by atoms with Crippen molar-refractivity contribution in [2.45, 2.75) is 12.1 Å². The number of hydrazine groups is 1. The highest BCUT2D eigenvalue weighted by atomic mass is 16.5. The van der Waals surface area contributed by atoms with Crippen molar-refractivity contribution in [1.29, 1.82) is 0 Å². The van der Waals surface area contributed by atoms with E-state index in [4.69, 9.17) is 9.47 Å². The van der Waals surface area contributed by atoms with Crippen LogP contribution in [0.1, 0.15) is 27.5 Å². The second-order valence-corrected chi connectivity index (χ2v) is 7.32. The van der Waals surface area contributed by atoms with Crippen molar-refractivity contribution >= 4 is 18.0 Å². The minimum absolute atomic E-state index is 0.297. The molecule has 0 spiro atoms. The zero-order chi connectivity index (χ0) is 22.5. The molecule has 3 aromatic carbocycles. The molecule has 3 aromatic rings. The van der Waals surface area contributed by atoms with Gasteiger partial charge in [-0.25, -0.2) is 0 Å². The van der Waals surface area contributed by atoms with E-state index in [0.717, 1.165) is 11.1 Å². The summed E-state index contributed by atoms with van der Waals surface area (Å²) in [5.74, 6) is 0.806. The number of benzene rings is 3. The third-order valence-electron chi connectivity index (χ3n) is 5.30. The van der Waals surface area contributed by atoms with Gasteiger partial charge in [0, 0.05) is 16.7 Å². The van der Waals surface area contributed by atoms with Crippen LogP contribution in [0, 0.1) is 0 Å². The van der Waals surface area contributed by atoms with Crippen molar-refractivity contribution in [3.05, 3.63) is 95.6 Å². The molecule has 0 bridgehead atoms. The summed E-state index contributed by atoms with van der Waals surface area (Å²) in [4.78, 5) is 25.8. The number of methoxy groups -OCH3 is 2. The van der Waals surface area contributed by atoms with E-state index in [1.54, 1.807) is 43.2 Å². The highest BCUT2D eigenvalue weighted by Crippen LogP contribution is 2.27. The van der Waals surface area contributed by atoms with E-state index >= 15 is 0 Å². The number of hydrogen-bond acceptors (Lipinski definition) is 4. The zero-order valence-electron chi connectivity index (χ0n) is 17.8. The second-order valence-electron chi connectivity index (χ2n) is 7.32. The van der Waals surface area contributed by atoms with Crippen molar-refractivity contribution in [1.82, 2.24) is 10.7 Å². The van der Waals surface area contributed by atoms with Crippen LogP contribution < -0.4 is 20.2 Å². The van der Waals surface area contributed by atoms with Crippen LogP contribution in [0.2, 0.25) is 0 Å². The summed E-state index contributed by atoms with van der Waals surface area (Å²) in [6.07, 6.45) is 1.82. The van der Waals surface area contributed by atoms with E-state index < -0.39 is 12.1 Å². The molecule has 4 rings (SSSR count). The summed E-state index contributed by atoms with van der Waals surface area (Å²) in [6, 6.07) is 22.5. The molecular weight excluding hydrogens is 406 g/mol. The molecule has 0 aliphatic carbocycles. The van der Waals surface area contributed by atoms with E-state index in [0.29, 0.717) is 17.1 Å². The molecule has 2 atom stereocenters. The maximum Gasteiger partial charge on any atom is 0.304 e. The van der Waals surface area contributed by atoms with Gasteiger partial charge in [-0.15, -0.1) is 10.1 Å². The van der Waals surface area contributed by atoms with Gasteiger partial charge in [-0.2, -0.15) is 0 Å². The molecule has 0 radical (unpaired) electrons. The number of hydrazone groups is 1. The highest BCUT2D eigenvalue weighted by molar-refractivity contribution is 5.98. The lowest BCUT2D eigenvalue weighted by Crippen LogP contribution is -2.42. The quantitative estimate of drug-likeness (QED) is 0.590. The molecule has 1 heterocycles. The minimum Gasteiger partial charge on any atom is -0.497 e. The Balaban J connectivity index is 1.71. The van der Waals surface area contributed by atoms with Crippen LogP contribution in [-0.4, -0.2) is 43.0 Å².